The normalized spacial score (nSPS) is 15.6. The maximum atomic E-state index is 12.9. The van der Waals surface area contributed by atoms with Crippen molar-refractivity contribution in [3.63, 3.8) is 0 Å². The molecule has 29 heavy (non-hydrogen) atoms. The average molecular weight is 387 g/mol. The van der Waals surface area contributed by atoms with Gasteiger partial charge in [0, 0.05) is 25.7 Å². The molecule has 2 aliphatic rings. The highest BCUT2D eigenvalue weighted by atomic mass is 16.2. The molecule has 0 spiro atoms. The van der Waals surface area contributed by atoms with Gasteiger partial charge in [-0.15, -0.1) is 0 Å². The second-order valence-electron chi connectivity index (χ2n) is 8.09. The molecule has 1 aromatic carbocycles. The molecule has 2 heterocycles. The quantitative estimate of drug-likeness (QED) is 0.811. The van der Waals surface area contributed by atoms with Crippen molar-refractivity contribution in [2.45, 2.75) is 38.6 Å². The maximum absolute atomic E-state index is 12.9. The highest BCUT2D eigenvalue weighted by Crippen LogP contribution is 2.38. The Morgan fingerprint density at radius 1 is 1.21 bits per heavy atom. The zero-order valence-electron chi connectivity index (χ0n) is 17.0. The van der Waals surface area contributed by atoms with Gasteiger partial charge in [0.05, 0.1) is 5.54 Å². The first-order valence-corrected chi connectivity index (χ1v) is 9.90. The van der Waals surface area contributed by atoms with E-state index in [2.05, 4.69) is 48.4 Å². The van der Waals surface area contributed by atoms with Gasteiger partial charge in [-0.2, -0.15) is 0 Å². The second kappa shape index (κ2) is 7.32. The number of pyridine rings is 1. The van der Waals surface area contributed by atoms with Crippen molar-refractivity contribution in [1.82, 2.24) is 9.88 Å². The number of anilines is 1. The molecule has 2 amide bonds. The van der Waals surface area contributed by atoms with Crippen LogP contribution in [-0.4, -0.2) is 34.3 Å². The van der Waals surface area contributed by atoms with Gasteiger partial charge in [-0.3, -0.25) is 9.59 Å². The van der Waals surface area contributed by atoms with Crippen LogP contribution in [0.3, 0.4) is 0 Å². The zero-order valence-corrected chi connectivity index (χ0v) is 17.0. The molecule has 0 atom stereocenters. The van der Waals surface area contributed by atoms with Gasteiger partial charge in [-0.25, -0.2) is 4.98 Å². The summed E-state index contributed by atoms with van der Waals surface area (Å²) in [5.41, 5.74) is 5.14. The fraction of sp³-hybridized carbons (Fsp3) is 0.292. The van der Waals surface area contributed by atoms with Crippen molar-refractivity contribution in [2.75, 3.05) is 12.4 Å². The number of nitrogens with zero attached hydrogens (tertiary/aromatic N) is 2. The molecule has 0 saturated heterocycles. The van der Waals surface area contributed by atoms with Gasteiger partial charge in [0.25, 0.3) is 0 Å². The summed E-state index contributed by atoms with van der Waals surface area (Å²) in [7, 11) is 1.84. The highest BCUT2D eigenvalue weighted by Gasteiger charge is 2.34. The molecule has 5 heteroatoms. The van der Waals surface area contributed by atoms with Gasteiger partial charge in [0.1, 0.15) is 5.82 Å². The van der Waals surface area contributed by atoms with Crippen molar-refractivity contribution in [2.24, 2.45) is 0 Å². The van der Waals surface area contributed by atoms with E-state index in [0.717, 1.165) is 17.5 Å². The van der Waals surface area contributed by atoms with Crippen LogP contribution in [0, 0.1) is 0 Å². The summed E-state index contributed by atoms with van der Waals surface area (Å²) in [6, 6.07) is 10.3. The largest absolute Gasteiger partial charge is 0.333 e. The van der Waals surface area contributed by atoms with Crippen LogP contribution in [0.15, 0.2) is 48.7 Å². The van der Waals surface area contributed by atoms with Crippen LogP contribution in [0.1, 0.15) is 42.5 Å². The maximum Gasteiger partial charge on any atom is 0.247 e. The topological polar surface area (TPSA) is 62.3 Å². The minimum Gasteiger partial charge on any atom is -0.333 e. The van der Waals surface area contributed by atoms with Gasteiger partial charge < -0.3 is 10.2 Å². The van der Waals surface area contributed by atoms with E-state index >= 15 is 0 Å². The summed E-state index contributed by atoms with van der Waals surface area (Å²) in [5, 5.41) is 2.77. The number of carbonyl (C=O) groups is 2. The molecule has 1 N–H and O–H groups in total. The molecule has 0 unspecified atom stereocenters. The Morgan fingerprint density at radius 3 is 2.83 bits per heavy atom. The van der Waals surface area contributed by atoms with Crippen molar-refractivity contribution < 1.29 is 9.59 Å². The van der Waals surface area contributed by atoms with E-state index in [1.165, 1.54) is 16.7 Å². The Morgan fingerprint density at radius 2 is 2.00 bits per heavy atom. The third kappa shape index (κ3) is 3.60. The molecule has 2 aromatic rings. The first-order chi connectivity index (χ1) is 13.9. The highest BCUT2D eigenvalue weighted by molar-refractivity contribution is 5.95. The molecule has 4 rings (SSSR count). The summed E-state index contributed by atoms with van der Waals surface area (Å²) in [4.78, 5) is 30.5. The average Bonchev–Trinajstić information content (AvgIpc) is 3.16. The molecule has 1 aromatic heterocycles. The number of aryl methyl sites for hydroxylation is 1. The number of amides is 2. The first kappa shape index (κ1) is 19.1. The number of benzene rings is 1. The van der Waals surface area contributed by atoms with Crippen LogP contribution >= 0.6 is 0 Å². The van der Waals surface area contributed by atoms with Gasteiger partial charge >= 0.3 is 0 Å². The van der Waals surface area contributed by atoms with Crippen molar-refractivity contribution in [1.29, 1.82) is 0 Å². The Bertz CT molecular complexity index is 1050. The minimum absolute atomic E-state index is 0.00452. The number of likely N-dealkylation sites (N-methyl/N-ethyl adjacent to an activating group) is 1. The van der Waals surface area contributed by atoms with Crippen molar-refractivity contribution in [3.8, 4) is 0 Å². The summed E-state index contributed by atoms with van der Waals surface area (Å²) in [6.07, 6.45) is 9.32. The summed E-state index contributed by atoms with van der Waals surface area (Å²) < 4.78 is 0. The molecular weight excluding hydrogens is 362 g/mol. The molecule has 1 aliphatic carbocycles. The molecule has 0 radical (unpaired) electrons. The number of rotatable bonds is 4. The van der Waals surface area contributed by atoms with Crippen LogP contribution in [0.5, 0.6) is 0 Å². The molecule has 148 valence electrons. The smallest absolute Gasteiger partial charge is 0.247 e. The van der Waals surface area contributed by atoms with Gasteiger partial charge in [0.15, 0.2) is 0 Å². The van der Waals surface area contributed by atoms with E-state index < -0.39 is 5.54 Å². The third-order valence-electron chi connectivity index (χ3n) is 5.95. The Balaban J connectivity index is 1.50. The van der Waals surface area contributed by atoms with Crippen LogP contribution < -0.4 is 5.32 Å². The predicted octanol–water partition coefficient (Wildman–Crippen LogP) is 3.86. The van der Waals surface area contributed by atoms with Crippen LogP contribution in [0.2, 0.25) is 0 Å². The number of hydrogen-bond donors (Lipinski definition) is 1. The van der Waals surface area contributed by atoms with E-state index in [4.69, 9.17) is 0 Å². The lowest BCUT2D eigenvalue weighted by molar-refractivity contribution is -0.127. The monoisotopic (exact) mass is 387 g/mol. The molecular formula is C24H25N3O2. The summed E-state index contributed by atoms with van der Waals surface area (Å²) in [5.74, 6) is 0.552. The standard InChI is InChI=1S/C24H25N3O2/c1-24(2,20-11-9-17-6-4-5-7-19(17)20)27(3)22(29)13-8-16-14-18-10-12-21(28)26-23(18)25-15-16/h4-8,11,13-15H,9-10,12H2,1-3H3,(H,25,26,28). The van der Waals surface area contributed by atoms with E-state index in [1.54, 1.807) is 23.2 Å². The SMILES string of the molecule is CN(C(=O)C=Cc1cnc2c(c1)CCC(=O)N2)C(C)(C)C1=CCc2ccccc21. The fourth-order valence-corrected chi connectivity index (χ4v) is 3.96. The number of hydrogen-bond acceptors (Lipinski definition) is 3. The molecule has 0 bridgehead atoms. The lowest BCUT2D eigenvalue weighted by Gasteiger charge is -2.37. The number of nitrogens with one attached hydrogen (secondary N) is 1. The number of allylic oxidation sites excluding steroid dienone is 1. The van der Waals surface area contributed by atoms with Crippen LogP contribution in [0.4, 0.5) is 5.82 Å². The van der Waals surface area contributed by atoms with Crippen LogP contribution in [-0.2, 0) is 22.4 Å². The van der Waals surface area contributed by atoms with Gasteiger partial charge in [0.2, 0.25) is 11.8 Å². The molecule has 0 saturated carbocycles. The van der Waals surface area contributed by atoms with E-state index in [1.807, 2.05) is 19.2 Å². The first-order valence-electron chi connectivity index (χ1n) is 9.90. The fourth-order valence-electron chi connectivity index (χ4n) is 3.96. The summed E-state index contributed by atoms with van der Waals surface area (Å²) in [6.45, 7) is 4.16. The zero-order chi connectivity index (χ0) is 20.6. The lowest BCUT2D eigenvalue weighted by atomic mass is 9.88. The predicted molar refractivity (Wildman–Crippen MR) is 115 cm³/mol. The number of carbonyl (C=O) groups excluding carboxylic acids is 2. The second-order valence-corrected chi connectivity index (χ2v) is 8.09. The minimum atomic E-state index is -0.424. The number of aromatic nitrogens is 1. The van der Waals surface area contributed by atoms with E-state index in [0.29, 0.717) is 18.7 Å². The Labute approximate surface area is 171 Å². The Kier molecular flexibility index (Phi) is 4.82. The molecule has 0 fully saturated rings. The van der Waals surface area contributed by atoms with Gasteiger partial charge in [-0.05, 0) is 66.7 Å². The van der Waals surface area contributed by atoms with Crippen molar-refractivity contribution >= 4 is 29.3 Å². The molecule has 5 nitrogen and oxygen atoms in total. The van der Waals surface area contributed by atoms with E-state index in [9.17, 15) is 9.59 Å². The number of fused-ring (bicyclic) bond motifs is 2. The van der Waals surface area contributed by atoms with Crippen LogP contribution in [0.25, 0.3) is 11.6 Å². The van der Waals surface area contributed by atoms with Gasteiger partial charge in [-0.1, -0.05) is 30.3 Å². The Hall–Kier alpha value is -3.21. The van der Waals surface area contributed by atoms with E-state index in [-0.39, 0.29) is 11.8 Å². The molecule has 1 aliphatic heterocycles. The lowest BCUT2D eigenvalue weighted by Crippen LogP contribution is -2.45. The summed E-state index contributed by atoms with van der Waals surface area (Å²) >= 11 is 0. The third-order valence-corrected chi connectivity index (χ3v) is 5.95. The van der Waals surface area contributed by atoms with Crippen molar-refractivity contribution in [3.05, 3.63) is 70.9 Å².